The first-order valence-corrected chi connectivity index (χ1v) is 6.91. The second-order valence-electron chi connectivity index (χ2n) is 4.81. The summed E-state index contributed by atoms with van der Waals surface area (Å²) in [6.45, 7) is 5.01. The maximum absolute atomic E-state index is 5.28. The van der Waals surface area contributed by atoms with Gasteiger partial charge in [-0.3, -0.25) is 4.90 Å². The number of nitrogens with zero attached hydrogens (tertiary/aromatic N) is 3. The highest BCUT2D eigenvalue weighted by atomic mass is 16.5. The van der Waals surface area contributed by atoms with Crippen molar-refractivity contribution in [3.05, 3.63) is 54.1 Å². The van der Waals surface area contributed by atoms with Gasteiger partial charge in [0.15, 0.2) is 0 Å². The Morgan fingerprint density at radius 2 is 1.85 bits per heavy atom. The summed E-state index contributed by atoms with van der Waals surface area (Å²) in [4.78, 5) is 10.5. The number of hydrogen-bond donors (Lipinski definition) is 0. The third-order valence-corrected chi connectivity index (χ3v) is 3.10. The van der Waals surface area contributed by atoms with Gasteiger partial charge in [-0.05, 0) is 30.7 Å². The lowest BCUT2D eigenvalue weighted by Crippen LogP contribution is -2.23. The molecule has 0 aliphatic rings. The zero-order chi connectivity index (χ0) is 14.2. The van der Waals surface area contributed by atoms with Gasteiger partial charge in [-0.1, -0.05) is 19.1 Å². The normalized spacial score (nSPS) is 10.8. The molecular weight excluding hydrogens is 250 g/mol. The van der Waals surface area contributed by atoms with E-state index in [0.717, 1.165) is 37.4 Å². The van der Waals surface area contributed by atoms with Crippen LogP contribution in [-0.2, 0) is 13.1 Å². The van der Waals surface area contributed by atoms with Gasteiger partial charge in [-0.15, -0.1) is 0 Å². The highest BCUT2D eigenvalue weighted by Crippen LogP contribution is 2.15. The molecule has 4 nitrogen and oxygen atoms in total. The minimum Gasteiger partial charge on any atom is -0.497 e. The Balaban J connectivity index is 2.04. The van der Waals surface area contributed by atoms with Crippen molar-refractivity contribution in [2.75, 3.05) is 13.7 Å². The van der Waals surface area contributed by atoms with Crippen LogP contribution >= 0.6 is 0 Å². The maximum atomic E-state index is 5.28. The van der Waals surface area contributed by atoms with Crippen molar-refractivity contribution in [2.24, 2.45) is 0 Å². The third kappa shape index (κ3) is 4.31. The Labute approximate surface area is 120 Å². The number of benzene rings is 1. The van der Waals surface area contributed by atoms with Gasteiger partial charge >= 0.3 is 0 Å². The largest absolute Gasteiger partial charge is 0.497 e. The Morgan fingerprint density at radius 3 is 2.55 bits per heavy atom. The molecule has 2 rings (SSSR count). The number of aromatic nitrogens is 2. The highest BCUT2D eigenvalue weighted by molar-refractivity contribution is 5.28. The fourth-order valence-corrected chi connectivity index (χ4v) is 2.23. The summed E-state index contributed by atoms with van der Waals surface area (Å²) in [7, 11) is 1.70. The zero-order valence-electron chi connectivity index (χ0n) is 12.1. The van der Waals surface area contributed by atoms with Gasteiger partial charge in [0.25, 0.3) is 0 Å². The Hall–Kier alpha value is -1.94. The monoisotopic (exact) mass is 271 g/mol. The fourth-order valence-electron chi connectivity index (χ4n) is 2.23. The van der Waals surface area contributed by atoms with Crippen molar-refractivity contribution in [1.82, 2.24) is 14.9 Å². The number of rotatable bonds is 7. The predicted molar refractivity (Wildman–Crippen MR) is 79.4 cm³/mol. The van der Waals surface area contributed by atoms with E-state index < -0.39 is 0 Å². The van der Waals surface area contributed by atoms with E-state index in [2.05, 4.69) is 33.9 Å². The number of methoxy groups -OCH3 is 1. The average molecular weight is 271 g/mol. The lowest BCUT2D eigenvalue weighted by molar-refractivity contribution is 0.256. The molecule has 1 heterocycles. The Morgan fingerprint density at radius 1 is 1.10 bits per heavy atom. The molecule has 4 heteroatoms. The molecule has 0 unspecified atom stereocenters. The molecule has 0 saturated heterocycles. The fraction of sp³-hybridized carbons (Fsp3) is 0.375. The van der Waals surface area contributed by atoms with Gasteiger partial charge < -0.3 is 4.74 Å². The predicted octanol–water partition coefficient (Wildman–Crippen LogP) is 2.90. The first-order valence-electron chi connectivity index (χ1n) is 6.91. The number of ether oxygens (including phenoxy) is 1. The van der Waals surface area contributed by atoms with Crippen LogP contribution in [0, 0.1) is 0 Å². The molecular formula is C16H21N3O. The first-order chi connectivity index (χ1) is 9.81. The zero-order valence-corrected chi connectivity index (χ0v) is 12.1. The van der Waals surface area contributed by atoms with Gasteiger partial charge in [-0.25, -0.2) is 9.97 Å². The van der Waals surface area contributed by atoms with Crippen LogP contribution in [0.1, 0.15) is 24.5 Å². The molecule has 0 aliphatic carbocycles. The highest BCUT2D eigenvalue weighted by Gasteiger charge is 2.07. The first kappa shape index (κ1) is 14.5. The molecule has 0 spiro atoms. The van der Waals surface area contributed by atoms with E-state index in [1.54, 1.807) is 13.4 Å². The molecule has 0 saturated carbocycles. The van der Waals surface area contributed by atoms with Crippen LogP contribution in [0.25, 0.3) is 0 Å². The molecule has 2 aromatic rings. The molecule has 1 aromatic carbocycles. The Kier molecular flexibility index (Phi) is 5.50. The van der Waals surface area contributed by atoms with Crippen LogP contribution in [0.2, 0.25) is 0 Å². The summed E-state index contributed by atoms with van der Waals surface area (Å²) in [5, 5.41) is 0. The summed E-state index contributed by atoms with van der Waals surface area (Å²) in [5.74, 6) is 0.905. The lowest BCUT2D eigenvalue weighted by Gasteiger charge is -2.21. The molecule has 0 aliphatic heterocycles. The minimum absolute atomic E-state index is 0.867. The van der Waals surface area contributed by atoms with Crippen LogP contribution < -0.4 is 4.74 Å². The molecule has 20 heavy (non-hydrogen) atoms. The summed E-state index contributed by atoms with van der Waals surface area (Å²) in [6.07, 6.45) is 6.44. The van der Waals surface area contributed by atoms with E-state index in [1.165, 1.54) is 5.56 Å². The number of hydrogen-bond acceptors (Lipinski definition) is 4. The van der Waals surface area contributed by atoms with Gasteiger partial charge in [0.2, 0.25) is 0 Å². The molecule has 0 atom stereocenters. The lowest BCUT2D eigenvalue weighted by atomic mass is 10.2. The van der Waals surface area contributed by atoms with E-state index in [-0.39, 0.29) is 0 Å². The SMILES string of the molecule is CCCN(Cc1cncnc1)Cc1cccc(OC)c1. The van der Waals surface area contributed by atoms with E-state index in [9.17, 15) is 0 Å². The smallest absolute Gasteiger partial charge is 0.119 e. The van der Waals surface area contributed by atoms with Crippen LogP contribution in [0.15, 0.2) is 43.0 Å². The standard InChI is InChI=1S/C16H21N3O/c1-3-7-19(12-15-9-17-13-18-10-15)11-14-5-4-6-16(8-14)20-2/h4-6,8-10,13H,3,7,11-12H2,1-2H3. The minimum atomic E-state index is 0.867. The molecule has 106 valence electrons. The van der Waals surface area contributed by atoms with Crippen molar-refractivity contribution < 1.29 is 4.74 Å². The second kappa shape index (κ2) is 7.60. The van der Waals surface area contributed by atoms with Gasteiger partial charge in [-0.2, -0.15) is 0 Å². The quantitative estimate of drug-likeness (QED) is 0.776. The third-order valence-electron chi connectivity index (χ3n) is 3.10. The Bertz CT molecular complexity index is 516. The van der Waals surface area contributed by atoms with Crippen molar-refractivity contribution in [3.63, 3.8) is 0 Å². The van der Waals surface area contributed by atoms with Crippen LogP contribution in [0.5, 0.6) is 5.75 Å². The van der Waals surface area contributed by atoms with E-state index >= 15 is 0 Å². The summed E-state index contributed by atoms with van der Waals surface area (Å²) < 4.78 is 5.28. The second-order valence-corrected chi connectivity index (χ2v) is 4.81. The van der Waals surface area contributed by atoms with Crippen molar-refractivity contribution >= 4 is 0 Å². The van der Waals surface area contributed by atoms with Crippen LogP contribution in [0.4, 0.5) is 0 Å². The maximum Gasteiger partial charge on any atom is 0.119 e. The summed E-state index contributed by atoms with van der Waals surface area (Å²) >= 11 is 0. The van der Waals surface area contributed by atoms with E-state index in [0.29, 0.717) is 0 Å². The summed E-state index contributed by atoms with van der Waals surface area (Å²) in [5.41, 5.74) is 2.40. The molecule has 0 bridgehead atoms. The topological polar surface area (TPSA) is 38.2 Å². The van der Waals surface area contributed by atoms with Gasteiger partial charge in [0.1, 0.15) is 12.1 Å². The van der Waals surface area contributed by atoms with E-state index in [1.807, 2.05) is 24.5 Å². The molecule has 1 aromatic heterocycles. The van der Waals surface area contributed by atoms with Gasteiger partial charge in [0.05, 0.1) is 7.11 Å². The molecule has 0 radical (unpaired) electrons. The molecule has 0 fully saturated rings. The van der Waals surface area contributed by atoms with Crippen molar-refractivity contribution in [2.45, 2.75) is 26.4 Å². The van der Waals surface area contributed by atoms with E-state index in [4.69, 9.17) is 4.74 Å². The average Bonchev–Trinajstić information content (AvgIpc) is 2.49. The van der Waals surface area contributed by atoms with Crippen LogP contribution in [0.3, 0.4) is 0 Å². The van der Waals surface area contributed by atoms with Gasteiger partial charge in [0, 0.05) is 31.0 Å². The molecule has 0 amide bonds. The van der Waals surface area contributed by atoms with Crippen molar-refractivity contribution in [3.8, 4) is 5.75 Å². The van der Waals surface area contributed by atoms with Crippen LogP contribution in [-0.4, -0.2) is 28.5 Å². The molecule has 0 N–H and O–H groups in total. The summed E-state index contributed by atoms with van der Waals surface area (Å²) in [6, 6.07) is 8.22. The van der Waals surface area contributed by atoms with Crippen molar-refractivity contribution in [1.29, 1.82) is 0 Å².